The van der Waals surface area contributed by atoms with Crippen molar-refractivity contribution in [3.05, 3.63) is 82.6 Å². The maximum absolute atomic E-state index is 12.5. The second-order valence-corrected chi connectivity index (χ2v) is 8.44. The average molecular weight is 446 g/mol. The van der Waals surface area contributed by atoms with Crippen molar-refractivity contribution in [2.75, 3.05) is 10.0 Å². The highest BCUT2D eigenvalue weighted by Gasteiger charge is 2.15. The van der Waals surface area contributed by atoms with Crippen LogP contribution in [0.1, 0.15) is 15.9 Å². The number of sulfonamides is 1. The molecular weight excluding hydrogens is 430 g/mol. The lowest BCUT2D eigenvalue weighted by molar-refractivity contribution is 0.102. The number of carbonyl (C=O) groups excluding carboxylic acids is 1. The van der Waals surface area contributed by atoms with Crippen LogP contribution in [0.4, 0.5) is 11.4 Å². The Balaban J connectivity index is 1.79. The number of rotatable bonds is 5. The number of anilines is 2. The third-order valence-corrected chi connectivity index (χ3v) is 5.58. The highest BCUT2D eigenvalue weighted by molar-refractivity contribution is 9.10. The van der Waals surface area contributed by atoms with Crippen LogP contribution in [0, 0.1) is 6.92 Å². The second kappa shape index (κ2) is 7.89. The number of aryl methyl sites for hydroxylation is 1. The molecule has 0 spiro atoms. The van der Waals surface area contributed by atoms with E-state index in [2.05, 4.69) is 31.0 Å². The van der Waals surface area contributed by atoms with Crippen LogP contribution in [0.25, 0.3) is 0 Å². The maximum Gasteiger partial charge on any atom is 0.261 e. The van der Waals surface area contributed by atoms with Crippen LogP contribution in [0.5, 0.6) is 0 Å². The zero-order chi connectivity index (χ0) is 19.4. The lowest BCUT2D eigenvalue weighted by atomic mass is 10.2. The fourth-order valence-electron chi connectivity index (χ4n) is 2.37. The van der Waals surface area contributed by atoms with Gasteiger partial charge >= 0.3 is 0 Å². The number of pyridine rings is 1. The topological polar surface area (TPSA) is 88.2 Å². The third kappa shape index (κ3) is 4.93. The van der Waals surface area contributed by atoms with E-state index in [1.54, 1.807) is 18.2 Å². The molecule has 0 aliphatic rings. The lowest BCUT2D eigenvalue weighted by Crippen LogP contribution is -2.15. The van der Waals surface area contributed by atoms with Crippen molar-refractivity contribution in [3.63, 3.8) is 0 Å². The van der Waals surface area contributed by atoms with Gasteiger partial charge in [-0.2, -0.15) is 0 Å². The van der Waals surface area contributed by atoms with Gasteiger partial charge in [0.25, 0.3) is 15.9 Å². The Morgan fingerprint density at radius 1 is 1.00 bits per heavy atom. The van der Waals surface area contributed by atoms with Crippen molar-refractivity contribution < 1.29 is 13.2 Å². The Morgan fingerprint density at radius 3 is 2.44 bits per heavy atom. The third-order valence-electron chi connectivity index (χ3n) is 3.65. The van der Waals surface area contributed by atoms with Gasteiger partial charge in [-0.3, -0.25) is 14.5 Å². The number of hydrogen-bond donors (Lipinski definition) is 2. The summed E-state index contributed by atoms with van der Waals surface area (Å²) in [4.78, 5) is 16.5. The van der Waals surface area contributed by atoms with Crippen LogP contribution in [0.2, 0.25) is 0 Å². The van der Waals surface area contributed by atoms with Gasteiger partial charge in [0.1, 0.15) is 0 Å². The van der Waals surface area contributed by atoms with Crippen LogP contribution < -0.4 is 10.0 Å². The van der Waals surface area contributed by atoms with Crippen molar-refractivity contribution in [1.29, 1.82) is 0 Å². The van der Waals surface area contributed by atoms with E-state index >= 15 is 0 Å². The van der Waals surface area contributed by atoms with Gasteiger partial charge in [0.15, 0.2) is 0 Å². The van der Waals surface area contributed by atoms with Crippen LogP contribution in [0.3, 0.4) is 0 Å². The molecule has 3 rings (SSSR count). The second-order valence-electron chi connectivity index (χ2n) is 5.85. The summed E-state index contributed by atoms with van der Waals surface area (Å²) in [5, 5.41) is 2.77. The number of benzene rings is 2. The first kappa shape index (κ1) is 19.1. The molecule has 1 aromatic heterocycles. The van der Waals surface area contributed by atoms with Gasteiger partial charge in [0.05, 0.1) is 22.3 Å². The molecule has 2 aromatic carbocycles. The molecule has 2 N–H and O–H groups in total. The molecule has 3 aromatic rings. The van der Waals surface area contributed by atoms with Gasteiger partial charge in [-0.1, -0.05) is 28.1 Å². The highest BCUT2D eigenvalue weighted by atomic mass is 79.9. The predicted octanol–water partition coefficient (Wildman–Crippen LogP) is 4.21. The van der Waals surface area contributed by atoms with E-state index in [4.69, 9.17) is 0 Å². The van der Waals surface area contributed by atoms with Gasteiger partial charge in [-0.15, -0.1) is 0 Å². The van der Waals surface area contributed by atoms with Crippen LogP contribution in [-0.2, 0) is 10.0 Å². The molecule has 138 valence electrons. The highest BCUT2D eigenvalue weighted by Crippen LogP contribution is 2.19. The van der Waals surface area contributed by atoms with E-state index in [1.807, 2.05) is 25.1 Å². The maximum atomic E-state index is 12.5. The summed E-state index contributed by atoms with van der Waals surface area (Å²) in [5.74, 6) is -0.377. The molecule has 1 amide bonds. The lowest BCUT2D eigenvalue weighted by Gasteiger charge is -2.10. The van der Waals surface area contributed by atoms with Gasteiger partial charge in [0, 0.05) is 16.4 Å². The summed E-state index contributed by atoms with van der Waals surface area (Å²) in [6, 6.07) is 15.1. The number of amides is 1. The first-order valence-electron chi connectivity index (χ1n) is 7.95. The van der Waals surface area contributed by atoms with Crippen molar-refractivity contribution in [3.8, 4) is 0 Å². The Morgan fingerprint density at radius 2 is 1.74 bits per heavy atom. The Kier molecular flexibility index (Phi) is 5.57. The van der Waals surface area contributed by atoms with Crippen molar-refractivity contribution in [1.82, 2.24) is 4.98 Å². The van der Waals surface area contributed by atoms with Crippen LogP contribution in [0.15, 0.2) is 76.4 Å². The minimum atomic E-state index is -3.78. The Hall–Kier alpha value is -2.71. The molecule has 0 unspecified atom stereocenters. The quantitative estimate of drug-likeness (QED) is 0.615. The fraction of sp³-hybridized carbons (Fsp3) is 0.0526. The fourth-order valence-corrected chi connectivity index (χ4v) is 3.67. The van der Waals surface area contributed by atoms with E-state index < -0.39 is 10.0 Å². The number of nitrogens with zero attached hydrogens (tertiary/aromatic N) is 1. The molecule has 0 aliphatic carbocycles. The molecule has 0 atom stereocenters. The van der Waals surface area contributed by atoms with Crippen LogP contribution in [-0.4, -0.2) is 19.3 Å². The monoisotopic (exact) mass is 445 g/mol. The summed E-state index contributed by atoms with van der Waals surface area (Å²) < 4.78 is 28.1. The molecule has 0 fully saturated rings. The molecule has 6 nitrogen and oxygen atoms in total. The molecule has 8 heteroatoms. The van der Waals surface area contributed by atoms with E-state index in [9.17, 15) is 13.2 Å². The average Bonchev–Trinajstić information content (AvgIpc) is 2.62. The number of halogens is 1. The van der Waals surface area contributed by atoms with Crippen LogP contribution >= 0.6 is 15.9 Å². The summed E-state index contributed by atoms with van der Waals surface area (Å²) in [7, 11) is -3.78. The minimum absolute atomic E-state index is 0.111. The molecule has 0 radical (unpaired) electrons. The Bertz CT molecular complexity index is 1080. The molecule has 0 bridgehead atoms. The van der Waals surface area contributed by atoms with E-state index in [-0.39, 0.29) is 22.1 Å². The molecule has 27 heavy (non-hydrogen) atoms. The molecule has 1 heterocycles. The first-order valence-corrected chi connectivity index (χ1v) is 10.2. The Labute approximate surface area is 165 Å². The minimum Gasteiger partial charge on any atom is -0.322 e. The van der Waals surface area contributed by atoms with Gasteiger partial charge in [-0.05, 0) is 55.0 Å². The standard InChI is InChI=1S/C19H16BrN3O3S/c1-13-3-2-4-16(9-13)22-19(24)14-10-17(12-21-11-14)23-27(25,26)18-7-5-15(20)6-8-18/h2-12,23H,1H3,(H,22,24). The summed E-state index contributed by atoms with van der Waals surface area (Å²) in [5.41, 5.74) is 2.12. The number of hydrogen-bond acceptors (Lipinski definition) is 4. The SMILES string of the molecule is Cc1cccc(NC(=O)c2cncc(NS(=O)(=O)c3ccc(Br)cc3)c2)c1. The van der Waals surface area contributed by atoms with Gasteiger partial charge < -0.3 is 5.32 Å². The number of aromatic nitrogens is 1. The summed E-state index contributed by atoms with van der Waals surface area (Å²) in [6.07, 6.45) is 2.72. The largest absolute Gasteiger partial charge is 0.322 e. The smallest absolute Gasteiger partial charge is 0.261 e. The molecule has 0 aliphatic heterocycles. The predicted molar refractivity (Wildman–Crippen MR) is 108 cm³/mol. The van der Waals surface area contributed by atoms with Crippen molar-refractivity contribution in [2.24, 2.45) is 0 Å². The van der Waals surface area contributed by atoms with E-state index in [0.717, 1.165) is 10.0 Å². The molecule has 0 saturated heterocycles. The number of nitrogens with one attached hydrogen (secondary N) is 2. The van der Waals surface area contributed by atoms with Crippen molar-refractivity contribution >= 4 is 43.2 Å². The number of carbonyl (C=O) groups is 1. The zero-order valence-corrected chi connectivity index (χ0v) is 16.7. The van der Waals surface area contributed by atoms with E-state index in [1.165, 1.54) is 30.6 Å². The van der Waals surface area contributed by atoms with Gasteiger partial charge in [-0.25, -0.2) is 8.42 Å². The normalized spacial score (nSPS) is 11.0. The van der Waals surface area contributed by atoms with Crippen molar-refractivity contribution in [2.45, 2.75) is 11.8 Å². The summed E-state index contributed by atoms with van der Waals surface area (Å²) in [6.45, 7) is 1.93. The van der Waals surface area contributed by atoms with Gasteiger partial charge in [0.2, 0.25) is 0 Å². The zero-order valence-electron chi connectivity index (χ0n) is 14.3. The first-order chi connectivity index (χ1) is 12.8. The summed E-state index contributed by atoms with van der Waals surface area (Å²) >= 11 is 3.27. The molecule has 0 saturated carbocycles. The molecular formula is C19H16BrN3O3S. The van der Waals surface area contributed by atoms with E-state index in [0.29, 0.717) is 5.69 Å².